The lowest BCUT2D eigenvalue weighted by Gasteiger charge is -2.19. The van der Waals surface area contributed by atoms with Gasteiger partial charge < -0.3 is 9.64 Å². The average Bonchev–Trinajstić information content (AvgIpc) is 2.43. The Hall–Kier alpha value is -1.29. The van der Waals surface area contributed by atoms with Crippen molar-refractivity contribution in [3.05, 3.63) is 30.5 Å². The van der Waals surface area contributed by atoms with E-state index in [0.29, 0.717) is 0 Å². The SMILES string of the molecule is COc1ccc2c(N(C)CCCBr)nccc2c1. The molecule has 0 saturated heterocycles. The van der Waals surface area contributed by atoms with Crippen LogP contribution in [0.5, 0.6) is 5.75 Å². The quantitative estimate of drug-likeness (QED) is 0.791. The number of ether oxygens (including phenoxy) is 1. The van der Waals surface area contributed by atoms with Gasteiger partial charge in [-0.15, -0.1) is 0 Å². The van der Waals surface area contributed by atoms with Crippen molar-refractivity contribution in [2.24, 2.45) is 0 Å². The second-order valence-electron chi connectivity index (χ2n) is 4.19. The van der Waals surface area contributed by atoms with Gasteiger partial charge in [0, 0.05) is 30.5 Å². The van der Waals surface area contributed by atoms with Crippen LogP contribution in [0.1, 0.15) is 6.42 Å². The lowest BCUT2D eigenvalue weighted by atomic mass is 10.1. The Morgan fingerprint density at radius 2 is 2.17 bits per heavy atom. The number of rotatable bonds is 5. The van der Waals surface area contributed by atoms with E-state index in [1.807, 2.05) is 24.4 Å². The van der Waals surface area contributed by atoms with Gasteiger partial charge in [0.25, 0.3) is 0 Å². The van der Waals surface area contributed by atoms with Gasteiger partial charge in [-0.2, -0.15) is 0 Å². The van der Waals surface area contributed by atoms with Crippen molar-refractivity contribution in [1.82, 2.24) is 4.98 Å². The van der Waals surface area contributed by atoms with Gasteiger partial charge in [-0.05, 0) is 36.1 Å². The smallest absolute Gasteiger partial charge is 0.136 e. The Kier molecular flexibility index (Phi) is 4.42. The molecule has 1 aromatic heterocycles. The number of hydrogen-bond donors (Lipinski definition) is 0. The molecule has 1 heterocycles. The number of benzene rings is 1. The molecule has 0 amide bonds. The van der Waals surface area contributed by atoms with Crippen molar-refractivity contribution in [2.45, 2.75) is 6.42 Å². The topological polar surface area (TPSA) is 25.4 Å². The van der Waals surface area contributed by atoms with Gasteiger partial charge in [-0.1, -0.05) is 15.9 Å². The molecule has 18 heavy (non-hydrogen) atoms. The fraction of sp³-hybridized carbons (Fsp3) is 0.357. The van der Waals surface area contributed by atoms with Gasteiger partial charge in [-0.3, -0.25) is 0 Å². The van der Waals surface area contributed by atoms with E-state index in [1.165, 1.54) is 0 Å². The van der Waals surface area contributed by atoms with E-state index in [1.54, 1.807) is 7.11 Å². The lowest BCUT2D eigenvalue weighted by molar-refractivity contribution is 0.415. The molecule has 0 fully saturated rings. The van der Waals surface area contributed by atoms with Crippen LogP contribution in [0.25, 0.3) is 10.8 Å². The van der Waals surface area contributed by atoms with E-state index in [-0.39, 0.29) is 0 Å². The number of fused-ring (bicyclic) bond motifs is 1. The van der Waals surface area contributed by atoms with Gasteiger partial charge in [0.05, 0.1) is 7.11 Å². The molecule has 2 aromatic rings. The third-order valence-electron chi connectivity index (χ3n) is 2.94. The third-order valence-corrected chi connectivity index (χ3v) is 3.50. The van der Waals surface area contributed by atoms with Crippen LogP contribution in [-0.2, 0) is 0 Å². The Labute approximate surface area is 116 Å². The monoisotopic (exact) mass is 308 g/mol. The van der Waals surface area contributed by atoms with Crippen LogP contribution in [0, 0.1) is 0 Å². The summed E-state index contributed by atoms with van der Waals surface area (Å²) in [7, 11) is 3.76. The van der Waals surface area contributed by atoms with Crippen molar-refractivity contribution >= 4 is 32.5 Å². The van der Waals surface area contributed by atoms with Crippen molar-refractivity contribution in [1.29, 1.82) is 0 Å². The summed E-state index contributed by atoms with van der Waals surface area (Å²) >= 11 is 3.46. The molecule has 0 aliphatic rings. The number of methoxy groups -OCH3 is 1. The maximum atomic E-state index is 5.25. The maximum absolute atomic E-state index is 5.25. The number of nitrogens with zero attached hydrogens (tertiary/aromatic N) is 2. The minimum absolute atomic E-state index is 0.878. The van der Waals surface area contributed by atoms with E-state index in [0.717, 1.165) is 40.6 Å². The molecule has 0 N–H and O–H groups in total. The van der Waals surface area contributed by atoms with Crippen molar-refractivity contribution < 1.29 is 4.74 Å². The summed E-state index contributed by atoms with van der Waals surface area (Å²) in [5, 5.41) is 3.33. The first kappa shape index (κ1) is 13.1. The summed E-state index contributed by atoms with van der Waals surface area (Å²) < 4.78 is 5.25. The Morgan fingerprint density at radius 1 is 1.33 bits per heavy atom. The molecule has 0 saturated carbocycles. The molecule has 0 aliphatic heterocycles. The zero-order valence-electron chi connectivity index (χ0n) is 10.7. The molecule has 0 bridgehead atoms. The lowest BCUT2D eigenvalue weighted by Crippen LogP contribution is -2.20. The van der Waals surface area contributed by atoms with E-state index in [4.69, 9.17) is 4.74 Å². The first-order valence-corrected chi connectivity index (χ1v) is 7.08. The van der Waals surface area contributed by atoms with Crippen molar-refractivity contribution in [3.63, 3.8) is 0 Å². The van der Waals surface area contributed by atoms with Gasteiger partial charge in [0.15, 0.2) is 0 Å². The van der Waals surface area contributed by atoms with Crippen LogP contribution in [0.3, 0.4) is 0 Å². The molecule has 0 spiro atoms. The third kappa shape index (κ3) is 2.75. The number of pyridine rings is 1. The number of anilines is 1. The summed E-state index contributed by atoms with van der Waals surface area (Å²) in [5.41, 5.74) is 0. The summed E-state index contributed by atoms with van der Waals surface area (Å²) in [5.74, 6) is 1.90. The van der Waals surface area contributed by atoms with Gasteiger partial charge in [0.2, 0.25) is 0 Å². The van der Waals surface area contributed by atoms with E-state index >= 15 is 0 Å². The van der Waals surface area contributed by atoms with E-state index < -0.39 is 0 Å². The Balaban J connectivity index is 2.39. The van der Waals surface area contributed by atoms with Crippen LogP contribution < -0.4 is 9.64 Å². The summed E-state index contributed by atoms with van der Waals surface area (Å²) in [6, 6.07) is 8.10. The standard InChI is InChI=1S/C14H17BrN2O/c1-17(9-3-7-15)14-13-5-4-12(18-2)10-11(13)6-8-16-14/h4-6,8,10H,3,7,9H2,1-2H3. The Bertz CT molecular complexity index is 530. The molecule has 96 valence electrons. The highest BCUT2D eigenvalue weighted by molar-refractivity contribution is 9.09. The zero-order valence-corrected chi connectivity index (χ0v) is 12.3. The van der Waals surface area contributed by atoms with Crippen LogP contribution >= 0.6 is 15.9 Å². The van der Waals surface area contributed by atoms with Gasteiger partial charge in [0.1, 0.15) is 11.6 Å². The molecule has 1 aromatic carbocycles. The molecule has 0 atom stereocenters. The van der Waals surface area contributed by atoms with Crippen LogP contribution in [-0.4, -0.2) is 31.0 Å². The fourth-order valence-corrected chi connectivity index (χ4v) is 2.22. The van der Waals surface area contributed by atoms with E-state index in [2.05, 4.69) is 38.9 Å². The minimum Gasteiger partial charge on any atom is -0.497 e. The summed E-state index contributed by atoms with van der Waals surface area (Å²) in [4.78, 5) is 6.68. The highest BCUT2D eigenvalue weighted by Crippen LogP contribution is 2.27. The second kappa shape index (κ2) is 6.05. The number of aromatic nitrogens is 1. The summed E-state index contributed by atoms with van der Waals surface area (Å²) in [6.45, 7) is 0.989. The van der Waals surface area contributed by atoms with Crippen LogP contribution in [0.2, 0.25) is 0 Å². The Morgan fingerprint density at radius 3 is 2.89 bits per heavy atom. The normalized spacial score (nSPS) is 10.6. The van der Waals surface area contributed by atoms with E-state index in [9.17, 15) is 0 Å². The average molecular weight is 309 g/mol. The molecule has 0 radical (unpaired) electrons. The zero-order chi connectivity index (χ0) is 13.0. The molecule has 0 unspecified atom stereocenters. The number of hydrogen-bond acceptors (Lipinski definition) is 3. The van der Waals surface area contributed by atoms with Gasteiger partial charge in [-0.25, -0.2) is 4.98 Å². The first-order chi connectivity index (χ1) is 8.76. The minimum atomic E-state index is 0.878. The largest absolute Gasteiger partial charge is 0.497 e. The van der Waals surface area contributed by atoms with Crippen LogP contribution in [0.15, 0.2) is 30.5 Å². The van der Waals surface area contributed by atoms with Crippen molar-refractivity contribution in [2.75, 3.05) is 30.9 Å². The first-order valence-electron chi connectivity index (χ1n) is 5.96. The fourth-order valence-electron chi connectivity index (χ4n) is 1.97. The van der Waals surface area contributed by atoms with Crippen LogP contribution in [0.4, 0.5) is 5.82 Å². The molecular weight excluding hydrogens is 292 g/mol. The second-order valence-corrected chi connectivity index (χ2v) is 4.98. The predicted molar refractivity (Wildman–Crippen MR) is 80.0 cm³/mol. The maximum Gasteiger partial charge on any atom is 0.136 e. The molecule has 3 nitrogen and oxygen atoms in total. The highest BCUT2D eigenvalue weighted by atomic mass is 79.9. The number of alkyl halides is 1. The molecular formula is C14H17BrN2O. The van der Waals surface area contributed by atoms with Crippen molar-refractivity contribution in [3.8, 4) is 5.75 Å². The molecule has 4 heteroatoms. The number of halogens is 1. The van der Waals surface area contributed by atoms with Gasteiger partial charge >= 0.3 is 0 Å². The summed E-state index contributed by atoms with van der Waals surface area (Å²) in [6.07, 6.45) is 2.95. The predicted octanol–water partition coefficient (Wildman–Crippen LogP) is 3.46. The molecule has 2 rings (SSSR count). The molecule has 0 aliphatic carbocycles. The highest BCUT2D eigenvalue weighted by Gasteiger charge is 2.07.